The molecule has 0 bridgehead atoms. The van der Waals surface area contributed by atoms with Crippen molar-refractivity contribution in [2.24, 2.45) is 5.92 Å². The van der Waals surface area contributed by atoms with Crippen molar-refractivity contribution in [2.75, 3.05) is 13.7 Å². The molecule has 0 aromatic heterocycles. The van der Waals surface area contributed by atoms with Crippen LogP contribution in [-0.4, -0.2) is 31.6 Å². The minimum atomic E-state index is -0.427. The van der Waals surface area contributed by atoms with Gasteiger partial charge in [0.05, 0.1) is 0 Å². The van der Waals surface area contributed by atoms with Gasteiger partial charge in [0.15, 0.2) is 5.78 Å². The smallest absolute Gasteiger partial charge is 0.172 e. The molecule has 1 aromatic rings. The highest BCUT2D eigenvalue weighted by Gasteiger charge is 2.29. The van der Waals surface area contributed by atoms with Crippen LogP contribution >= 0.6 is 0 Å². The molecule has 0 aliphatic heterocycles. The molecule has 0 spiro atoms. The summed E-state index contributed by atoms with van der Waals surface area (Å²) < 4.78 is 24.6. The van der Waals surface area contributed by atoms with Crippen LogP contribution in [-0.2, 0) is 4.79 Å². The molecule has 1 N–H and O–H groups in total. The Morgan fingerprint density at radius 2 is 2.00 bits per heavy atom. The number of Topliss-reactive ketones (excluding diaryl/α,β-unsaturated/α-hetero) is 1. The molecular formula is C16H22FNO3. The van der Waals surface area contributed by atoms with Gasteiger partial charge in [0, 0.05) is 30.2 Å². The number of carbonyl (C=O) groups excluding carboxylic acids is 1. The molecule has 0 unspecified atom stereocenters. The van der Waals surface area contributed by atoms with Gasteiger partial charge in [-0.2, -0.15) is 0 Å². The molecule has 1 saturated carbocycles. The van der Waals surface area contributed by atoms with Crippen LogP contribution in [0.4, 0.5) is 4.39 Å². The fourth-order valence-corrected chi connectivity index (χ4v) is 2.10. The van der Waals surface area contributed by atoms with Crippen LogP contribution in [0.5, 0.6) is 11.5 Å². The molecule has 1 aliphatic rings. The Balaban J connectivity index is 1.92. The monoisotopic (exact) mass is 295 g/mol. The molecule has 2 rings (SSSR count). The number of carbonyl (C=O) groups is 1. The van der Waals surface area contributed by atoms with Crippen molar-refractivity contribution in [3.63, 3.8) is 0 Å². The molecule has 1 aliphatic carbocycles. The van der Waals surface area contributed by atoms with E-state index >= 15 is 0 Å². The van der Waals surface area contributed by atoms with Crippen LogP contribution < -0.4 is 14.8 Å². The highest BCUT2D eigenvalue weighted by atomic mass is 19.1. The lowest BCUT2D eigenvalue weighted by Crippen LogP contribution is -2.45. The van der Waals surface area contributed by atoms with E-state index in [0.717, 1.165) is 12.8 Å². The molecule has 1 aromatic carbocycles. The van der Waals surface area contributed by atoms with Gasteiger partial charge >= 0.3 is 0 Å². The summed E-state index contributed by atoms with van der Waals surface area (Å²) in [4.78, 5) is 11.5. The zero-order chi connectivity index (χ0) is 15.4. The lowest BCUT2D eigenvalue weighted by molar-refractivity contribution is -0.123. The van der Waals surface area contributed by atoms with Gasteiger partial charge in [0.1, 0.15) is 30.0 Å². The van der Waals surface area contributed by atoms with Crippen molar-refractivity contribution in [1.29, 1.82) is 0 Å². The number of benzene rings is 1. The first-order valence-electron chi connectivity index (χ1n) is 7.28. The molecule has 0 saturated heterocycles. The summed E-state index contributed by atoms with van der Waals surface area (Å²) >= 11 is 0. The summed E-state index contributed by atoms with van der Waals surface area (Å²) in [6.45, 7) is 3.56. The summed E-state index contributed by atoms with van der Waals surface area (Å²) in [5, 5.41) is 3.17. The van der Waals surface area contributed by atoms with Gasteiger partial charge in [-0.05, 0) is 19.9 Å². The Morgan fingerprint density at radius 3 is 2.62 bits per heavy atom. The lowest BCUT2D eigenvalue weighted by Gasteiger charge is -2.35. The first-order valence-corrected chi connectivity index (χ1v) is 7.28. The first-order chi connectivity index (χ1) is 9.97. The predicted molar refractivity (Wildman–Crippen MR) is 78.2 cm³/mol. The fourth-order valence-electron chi connectivity index (χ4n) is 2.10. The summed E-state index contributed by atoms with van der Waals surface area (Å²) in [6, 6.07) is 4.70. The van der Waals surface area contributed by atoms with E-state index in [-0.39, 0.29) is 24.4 Å². The van der Waals surface area contributed by atoms with Crippen LogP contribution in [0.15, 0.2) is 18.2 Å². The second-order valence-corrected chi connectivity index (χ2v) is 5.73. The van der Waals surface area contributed by atoms with Crippen molar-refractivity contribution >= 4 is 5.78 Å². The van der Waals surface area contributed by atoms with Gasteiger partial charge < -0.3 is 14.8 Å². The summed E-state index contributed by atoms with van der Waals surface area (Å²) in [5.74, 6) is 0.231. The number of ketones is 1. The number of halogens is 1. The molecule has 4 nitrogen and oxygen atoms in total. The van der Waals surface area contributed by atoms with E-state index in [1.165, 1.54) is 12.1 Å². The van der Waals surface area contributed by atoms with Crippen LogP contribution in [0.3, 0.4) is 0 Å². The molecule has 0 heterocycles. The third kappa shape index (κ3) is 4.43. The van der Waals surface area contributed by atoms with E-state index in [9.17, 15) is 9.18 Å². The van der Waals surface area contributed by atoms with E-state index < -0.39 is 5.82 Å². The van der Waals surface area contributed by atoms with Gasteiger partial charge in [0.2, 0.25) is 0 Å². The molecular weight excluding hydrogens is 273 g/mol. The molecule has 5 heteroatoms. The Bertz CT molecular complexity index is 498. The standard InChI is InChI=1S/C16H22FNO3/c1-10(2)16(19)9-20-13-4-11(17)5-14(8-13)21-15-6-12(7-15)18-3/h4-5,8,10,12,15,18H,6-7,9H2,1-3H3. The highest BCUT2D eigenvalue weighted by Crippen LogP contribution is 2.29. The third-order valence-corrected chi connectivity index (χ3v) is 3.68. The molecule has 1 fully saturated rings. The molecule has 116 valence electrons. The van der Waals surface area contributed by atoms with Gasteiger partial charge in [0.25, 0.3) is 0 Å². The second kappa shape index (κ2) is 6.89. The van der Waals surface area contributed by atoms with E-state index in [1.807, 2.05) is 7.05 Å². The largest absolute Gasteiger partial charge is 0.490 e. The van der Waals surface area contributed by atoms with Crippen LogP contribution in [0.25, 0.3) is 0 Å². The summed E-state index contributed by atoms with van der Waals surface area (Å²) in [7, 11) is 1.92. The Labute approximate surface area is 124 Å². The average Bonchev–Trinajstić information content (AvgIpc) is 2.39. The average molecular weight is 295 g/mol. The van der Waals surface area contributed by atoms with Crippen molar-refractivity contribution in [2.45, 2.75) is 38.8 Å². The van der Waals surface area contributed by atoms with Gasteiger partial charge in [-0.15, -0.1) is 0 Å². The van der Waals surface area contributed by atoms with Gasteiger partial charge in [-0.1, -0.05) is 13.8 Å². The van der Waals surface area contributed by atoms with Crippen molar-refractivity contribution < 1.29 is 18.7 Å². The Morgan fingerprint density at radius 1 is 1.33 bits per heavy atom. The number of ether oxygens (including phenoxy) is 2. The number of nitrogens with one attached hydrogen (secondary N) is 1. The maximum atomic E-state index is 13.6. The minimum Gasteiger partial charge on any atom is -0.490 e. The molecule has 0 amide bonds. The Kier molecular flexibility index (Phi) is 5.17. The first kappa shape index (κ1) is 15.8. The van der Waals surface area contributed by atoms with Crippen LogP contribution in [0.1, 0.15) is 26.7 Å². The Hall–Kier alpha value is -1.62. The number of rotatable bonds is 7. The highest BCUT2D eigenvalue weighted by molar-refractivity contribution is 5.81. The zero-order valence-corrected chi connectivity index (χ0v) is 12.7. The second-order valence-electron chi connectivity index (χ2n) is 5.73. The quantitative estimate of drug-likeness (QED) is 0.840. The predicted octanol–water partition coefficient (Wildman–Crippen LogP) is 2.56. The van der Waals surface area contributed by atoms with Crippen LogP contribution in [0.2, 0.25) is 0 Å². The summed E-state index contributed by atoms with van der Waals surface area (Å²) in [6.07, 6.45) is 1.93. The van der Waals surface area contributed by atoms with E-state index in [2.05, 4.69) is 5.32 Å². The van der Waals surface area contributed by atoms with Gasteiger partial charge in [-0.3, -0.25) is 4.79 Å². The maximum Gasteiger partial charge on any atom is 0.172 e. The zero-order valence-electron chi connectivity index (χ0n) is 12.7. The maximum absolute atomic E-state index is 13.6. The molecule has 0 atom stereocenters. The minimum absolute atomic E-state index is 0.0161. The molecule has 0 radical (unpaired) electrons. The van der Waals surface area contributed by atoms with Gasteiger partial charge in [-0.25, -0.2) is 4.39 Å². The van der Waals surface area contributed by atoms with Crippen molar-refractivity contribution in [1.82, 2.24) is 5.32 Å². The number of hydrogen-bond donors (Lipinski definition) is 1. The third-order valence-electron chi connectivity index (χ3n) is 3.68. The number of hydrogen-bond acceptors (Lipinski definition) is 4. The van der Waals surface area contributed by atoms with E-state index in [4.69, 9.17) is 9.47 Å². The lowest BCUT2D eigenvalue weighted by atomic mass is 9.89. The SMILES string of the molecule is CNC1CC(Oc2cc(F)cc(OCC(=O)C(C)C)c2)C1. The molecule has 21 heavy (non-hydrogen) atoms. The fraction of sp³-hybridized carbons (Fsp3) is 0.562. The normalized spacial score (nSPS) is 21.0. The van der Waals surface area contributed by atoms with Crippen molar-refractivity contribution in [3.05, 3.63) is 24.0 Å². The van der Waals surface area contributed by atoms with E-state index in [1.54, 1.807) is 19.9 Å². The van der Waals surface area contributed by atoms with Crippen molar-refractivity contribution in [3.8, 4) is 11.5 Å². The van der Waals surface area contributed by atoms with Crippen LogP contribution in [0, 0.1) is 11.7 Å². The van der Waals surface area contributed by atoms with E-state index in [0.29, 0.717) is 17.5 Å². The topological polar surface area (TPSA) is 47.6 Å². The summed E-state index contributed by atoms with van der Waals surface area (Å²) in [5.41, 5.74) is 0.